The SMILES string of the molecule is COC(=O)c1ccc2cc(OCCOc3ccc4cc(C(=O)O)ccc4c3)ccc2c1. The Morgan fingerprint density at radius 2 is 1.13 bits per heavy atom. The quantitative estimate of drug-likeness (QED) is 0.340. The first-order valence-corrected chi connectivity index (χ1v) is 9.68. The van der Waals surface area contributed by atoms with Gasteiger partial charge in [-0.1, -0.05) is 24.3 Å². The molecule has 0 unspecified atom stereocenters. The summed E-state index contributed by atoms with van der Waals surface area (Å²) in [6.45, 7) is 0.722. The second kappa shape index (κ2) is 8.75. The molecular formula is C25H20O6. The van der Waals surface area contributed by atoms with Crippen LogP contribution < -0.4 is 9.47 Å². The fraction of sp³-hybridized carbons (Fsp3) is 0.120. The van der Waals surface area contributed by atoms with Crippen LogP contribution >= 0.6 is 0 Å². The van der Waals surface area contributed by atoms with Crippen molar-refractivity contribution in [3.8, 4) is 11.5 Å². The number of hydrogen-bond acceptors (Lipinski definition) is 5. The van der Waals surface area contributed by atoms with Gasteiger partial charge in [-0.3, -0.25) is 0 Å². The molecule has 0 aromatic heterocycles. The van der Waals surface area contributed by atoms with E-state index in [0.717, 1.165) is 21.5 Å². The van der Waals surface area contributed by atoms with Crippen molar-refractivity contribution < 1.29 is 28.9 Å². The number of benzene rings is 4. The zero-order valence-electron chi connectivity index (χ0n) is 16.8. The lowest BCUT2D eigenvalue weighted by molar-refractivity contribution is 0.0600. The number of aromatic carboxylic acids is 1. The number of carboxylic acids is 1. The molecule has 0 amide bonds. The molecule has 156 valence electrons. The molecule has 1 N–H and O–H groups in total. The predicted octanol–water partition coefficient (Wildman–Crippen LogP) is 4.94. The van der Waals surface area contributed by atoms with Crippen molar-refractivity contribution in [3.63, 3.8) is 0 Å². The average molecular weight is 416 g/mol. The number of ether oxygens (including phenoxy) is 3. The summed E-state index contributed by atoms with van der Waals surface area (Å²) in [4.78, 5) is 22.7. The smallest absolute Gasteiger partial charge is 0.337 e. The van der Waals surface area contributed by atoms with Crippen LogP contribution in [0.15, 0.2) is 72.8 Å². The molecule has 0 aliphatic rings. The average Bonchev–Trinajstić information content (AvgIpc) is 2.80. The highest BCUT2D eigenvalue weighted by Gasteiger charge is 2.07. The van der Waals surface area contributed by atoms with Crippen molar-refractivity contribution in [3.05, 3.63) is 83.9 Å². The van der Waals surface area contributed by atoms with Gasteiger partial charge in [-0.25, -0.2) is 9.59 Å². The van der Waals surface area contributed by atoms with E-state index < -0.39 is 5.97 Å². The van der Waals surface area contributed by atoms with Gasteiger partial charge in [0, 0.05) is 0 Å². The Kier molecular flexibility index (Phi) is 5.71. The highest BCUT2D eigenvalue weighted by atomic mass is 16.5. The lowest BCUT2D eigenvalue weighted by atomic mass is 10.1. The predicted molar refractivity (Wildman–Crippen MR) is 117 cm³/mol. The monoisotopic (exact) mass is 416 g/mol. The van der Waals surface area contributed by atoms with Gasteiger partial charge in [0.2, 0.25) is 0 Å². The maximum Gasteiger partial charge on any atom is 0.337 e. The summed E-state index contributed by atoms with van der Waals surface area (Å²) >= 11 is 0. The Bertz CT molecular complexity index is 1280. The van der Waals surface area contributed by atoms with Gasteiger partial charge in [0.1, 0.15) is 24.7 Å². The van der Waals surface area contributed by atoms with Gasteiger partial charge in [-0.15, -0.1) is 0 Å². The molecule has 0 heterocycles. The molecule has 4 aromatic carbocycles. The van der Waals surface area contributed by atoms with Gasteiger partial charge < -0.3 is 19.3 Å². The lowest BCUT2D eigenvalue weighted by Crippen LogP contribution is -2.09. The topological polar surface area (TPSA) is 82.1 Å². The van der Waals surface area contributed by atoms with E-state index in [9.17, 15) is 9.59 Å². The minimum atomic E-state index is -0.947. The molecule has 0 spiro atoms. The van der Waals surface area contributed by atoms with Crippen LogP contribution in [0.5, 0.6) is 11.5 Å². The van der Waals surface area contributed by atoms with Gasteiger partial charge in [0.05, 0.1) is 18.2 Å². The Balaban J connectivity index is 1.35. The van der Waals surface area contributed by atoms with Crippen LogP contribution in [0, 0.1) is 0 Å². The van der Waals surface area contributed by atoms with Gasteiger partial charge in [-0.2, -0.15) is 0 Å². The molecular weight excluding hydrogens is 396 g/mol. The molecule has 0 aliphatic carbocycles. The zero-order chi connectivity index (χ0) is 21.8. The number of methoxy groups -OCH3 is 1. The van der Waals surface area contributed by atoms with Crippen LogP contribution in [0.1, 0.15) is 20.7 Å². The molecule has 0 fully saturated rings. The lowest BCUT2D eigenvalue weighted by Gasteiger charge is -2.10. The molecule has 0 aliphatic heterocycles. The number of rotatable bonds is 7. The van der Waals surface area contributed by atoms with Crippen molar-refractivity contribution in [2.45, 2.75) is 0 Å². The molecule has 6 nitrogen and oxygen atoms in total. The molecule has 31 heavy (non-hydrogen) atoms. The van der Waals surface area contributed by atoms with E-state index in [2.05, 4.69) is 0 Å². The largest absolute Gasteiger partial charge is 0.490 e. The van der Waals surface area contributed by atoms with Gasteiger partial charge >= 0.3 is 11.9 Å². The molecule has 4 rings (SSSR count). The molecule has 0 bridgehead atoms. The fourth-order valence-electron chi connectivity index (χ4n) is 3.32. The van der Waals surface area contributed by atoms with E-state index in [-0.39, 0.29) is 11.5 Å². The van der Waals surface area contributed by atoms with Gasteiger partial charge in [0.25, 0.3) is 0 Å². The summed E-state index contributed by atoms with van der Waals surface area (Å²) in [5, 5.41) is 12.7. The minimum absolute atomic E-state index is 0.256. The molecule has 0 radical (unpaired) electrons. The molecule has 0 atom stereocenters. The first kappa shape index (κ1) is 20.2. The summed E-state index contributed by atoms with van der Waals surface area (Å²) in [5.74, 6) is 0.0852. The summed E-state index contributed by atoms with van der Waals surface area (Å²) in [6.07, 6.45) is 0. The van der Waals surface area contributed by atoms with Crippen molar-refractivity contribution in [1.29, 1.82) is 0 Å². The van der Waals surface area contributed by atoms with E-state index in [1.807, 2.05) is 42.5 Å². The number of fused-ring (bicyclic) bond motifs is 2. The van der Waals surface area contributed by atoms with E-state index >= 15 is 0 Å². The van der Waals surface area contributed by atoms with Crippen LogP contribution in [0.3, 0.4) is 0 Å². The van der Waals surface area contributed by atoms with Crippen LogP contribution in [0.4, 0.5) is 0 Å². The second-order valence-corrected chi connectivity index (χ2v) is 6.94. The molecule has 0 saturated heterocycles. The molecule has 0 saturated carbocycles. The maximum atomic E-state index is 11.6. The Hall–Kier alpha value is -4.06. The van der Waals surface area contributed by atoms with Crippen molar-refractivity contribution >= 4 is 33.5 Å². The Morgan fingerprint density at radius 1 is 0.677 bits per heavy atom. The van der Waals surface area contributed by atoms with Gasteiger partial charge in [0.15, 0.2) is 0 Å². The van der Waals surface area contributed by atoms with Crippen molar-refractivity contribution in [2.24, 2.45) is 0 Å². The Labute approximate surface area is 178 Å². The van der Waals surface area contributed by atoms with E-state index in [0.29, 0.717) is 30.3 Å². The molecule has 4 aromatic rings. The zero-order valence-corrected chi connectivity index (χ0v) is 16.8. The van der Waals surface area contributed by atoms with E-state index in [1.165, 1.54) is 7.11 Å². The summed E-state index contributed by atoms with van der Waals surface area (Å²) < 4.78 is 16.3. The van der Waals surface area contributed by atoms with E-state index in [1.54, 1.807) is 30.3 Å². The maximum absolute atomic E-state index is 11.6. The van der Waals surface area contributed by atoms with Crippen LogP contribution in [-0.4, -0.2) is 37.4 Å². The number of carboxylic acid groups (broad SMARTS) is 1. The normalized spacial score (nSPS) is 10.7. The summed E-state index contributed by atoms with van der Waals surface area (Å²) in [7, 11) is 1.36. The summed E-state index contributed by atoms with van der Waals surface area (Å²) in [6, 6.07) is 21.5. The second-order valence-electron chi connectivity index (χ2n) is 6.94. The third-order valence-electron chi connectivity index (χ3n) is 4.91. The van der Waals surface area contributed by atoms with Crippen LogP contribution in [-0.2, 0) is 4.74 Å². The highest BCUT2D eigenvalue weighted by Crippen LogP contribution is 2.24. The third-order valence-corrected chi connectivity index (χ3v) is 4.91. The first-order chi connectivity index (χ1) is 15.0. The van der Waals surface area contributed by atoms with Crippen LogP contribution in [0.2, 0.25) is 0 Å². The number of carbonyl (C=O) groups is 2. The van der Waals surface area contributed by atoms with Crippen molar-refractivity contribution in [1.82, 2.24) is 0 Å². The van der Waals surface area contributed by atoms with Crippen molar-refractivity contribution in [2.75, 3.05) is 20.3 Å². The number of esters is 1. The van der Waals surface area contributed by atoms with Crippen LogP contribution in [0.25, 0.3) is 21.5 Å². The third kappa shape index (κ3) is 4.59. The molecule has 6 heteroatoms. The highest BCUT2D eigenvalue weighted by molar-refractivity contribution is 5.96. The number of hydrogen-bond donors (Lipinski definition) is 1. The minimum Gasteiger partial charge on any atom is -0.490 e. The van der Waals surface area contributed by atoms with E-state index in [4.69, 9.17) is 19.3 Å². The first-order valence-electron chi connectivity index (χ1n) is 9.68. The Morgan fingerprint density at radius 3 is 1.65 bits per heavy atom. The standard InChI is InChI=1S/C25H20O6/c1-29-25(28)21-5-3-19-15-23(9-7-17(19)13-21)31-11-10-30-22-8-6-16-12-20(24(26)27)4-2-18(16)14-22/h2-9,12-15H,10-11H2,1H3,(H,26,27). The summed E-state index contributed by atoms with van der Waals surface area (Å²) in [5.41, 5.74) is 0.762. The number of carbonyl (C=O) groups excluding carboxylic acids is 1. The fourth-order valence-corrected chi connectivity index (χ4v) is 3.32. The van der Waals surface area contributed by atoms with Gasteiger partial charge in [-0.05, 0) is 70.1 Å².